The Kier molecular flexibility index (Phi) is 24.7. The average molecular weight is 1210 g/mol. The summed E-state index contributed by atoms with van der Waals surface area (Å²) in [6.45, 7) is 1.14. The minimum absolute atomic E-state index is 0. The van der Waals surface area contributed by atoms with Crippen molar-refractivity contribution in [2.75, 3.05) is 18.4 Å². The van der Waals surface area contributed by atoms with E-state index in [-0.39, 0.29) is 96.2 Å². The molecule has 0 unspecified atom stereocenters. The summed E-state index contributed by atoms with van der Waals surface area (Å²) in [7, 11) is 0. The van der Waals surface area contributed by atoms with Gasteiger partial charge in [-0.2, -0.15) is 0 Å². The molecule has 448 valence electrons. The van der Waals surface area contributed by atoms with Crippen LogP contribution in [0, 0.1) is 0 Å². The third-order valence-corrected chi connectivity index (χ3v) is 13.9. The van der Waals surface area contributed by atoms with Gasteiger partial charge in [0.15, 0.2) is 11.9 Å². The fraction of sp³-hybridized carbons (Fsp3) is 0.219. The van der Waals surface area contributed by atoms with Gasteiger partial charge in [-0.15, -0.1) is 24.8 Å². The van der Waals surface area contributed by atoms with Crippen molar-refractivity contribution in [1.29, 1.82) is 0 Å². The number of carboxylic acid groups (broad SMARTS) is 1. The zero-order chi connectivity index (χ0) is 59.4. The highest BCUT2D eigenvalue weighted by Crippen LogP contribution is 2.43. The van der Waals surface area contributed by atoms with Crippen LogP contribution in [0.15, 0.2) is 195 Å². The van der Waals surface area contributed by atoms with Crippen LogP contribution >= 0.6 is 24.8 Å². The zero-order valence-corrected chi connectivity index (χ0v) is 48.6. The normalized spacial score (nSPS) is 12.5. The molecule has 0 aromatic heterocycles. The first-order valence-electron chi connectivity index (χ1n) is 27.5. The predicted molar refractivity (Wildman–Crippen MR) is 339 cm³/mol. The van der Waals surface area contributed by atoms with Crippen molar-refractivity contribution in [2.45, 2.75) is 75.8 Å². The molecular formula is C64H70Cl2N12O8. The number of aromatic carboxylic acids is 1. The smallest absolute Gasteiger partial charge is 0.340 e. The molecular weight excluding hydrogens is 1140 g/mol. The molecule has 0 fully saturated rings. The van der Waals surface area contributed by atoms with E-state index in [1.807, 2.05) is 121 Å². The van der Waals surface area contributed by atoms with Gasteiger partial charge in [0.1, 0.15) is 34.7 Å². The van der Waals surface area contributed by atoms with Gasteiger partial charge in [-0.3, -0.25) is 29.2 Å². The number of anilines is 1. The van der Waals surface area contributed by atoms with Crippen molar-refractivity contribution in [3.63, 3.8) is 0 Å². The minimum Gasteiger partial charge on any atom is -0.507 e. The number of carbonyl (C=O) groups excluding carboxylic acids is 4. The molecule has 1 aliphatic heterocycles. The van der Waals surface area contributed by atoms with Gasteiger partial charge in [-0.05, 0) is 91.1 Å². The maximum atomic E-state index is 14.5. The summed E-state index contributed by atoms with van der Waals surface area (Å²) in [6.07, 6.45) is 1.57. The van der Waals surface area contributed by atoms with Gasteiger partial charge >= 0.3 is 5.97 Å². The summed E-state index contributed by atoms with van der Waals surface area (Å²) in [5.74, 6) is -4.05. The standard InChI is InChI=1S/C64H68N12O8.2ClH/c65-63(66)69-32-14-25-49(75-60(80)51(34-40-16-5-1-6-17-40)71-38-42-20-9-3-10-21-42)58(78)73-44-28-30-46-54(36-44)84-55-37-45(29-31-47(55)56(46)48-24-13-27-53(77)57(48)62(82)83)74-59(79)50(26-15-33-70-64(67)68)76-61(81)52(35-41-18-7-2-8-19-41)72-39-43-22-11-4-12-23-43;;/h1-13,16-24,27-31,36-37,49-52,71-72,77H,14-15,25-26,32-35,38-39H2,(H,73,78)(H,75,80)(H,76,81)(H,82,83)(H4,65,66,69)(H4,67,68,70);2*1H/t49-,50-,51-,52-;;/m0../s1. The number of aliphatic imine (C=N–C) groups is 2. The van der Waals surface area contributed by atoms with E-state index in [4.69, 9.17) is 27.4 Å². The number of hydrogen-bond donors (Lipinski definition) is 11. The van der Waals surface area contributed by atoms with Crippen LogP contribution in [0.3, 0.4) is 0 Å². The Hall–Kier alpha value is -9.60. The number of carboxylic acids is 1. The first kappa shape index (κ1) is 65.6. The van der Waals surface area contributed by atoms with Crippen LogP contribution in [0.5, 0.6) is 5.75 Å². The van der Waals surface area contributed by atoms with Crippen LogP contribution in [0.1, 0.15) is 58.3 Å². The SMILES string of the molecule is Cl.Cl.NC(N)=NCCC[C@H](NC(=O)[C@H](Cc1ccccc1)NCc1ccccc1)C(=O)N=c1ccc2c(-c3cccc(O)c3C(=O)O)c3ccc(NC(=O)[C@H](CCCN=C(N)N)NC(=O)[C@H](Cc4ccccc4)NCc4ccccc4)cc3oc-2c1. The molecule has 6 aromatic rings. The first-order chi connectivity index (χ1) is 40.7. The molecule has 1 heterocycles. The van der Waals surface area contributed by atoms with Crippen LogP contribution in [-0.2, 0) is 45.1 Å². The topological polar surface area (TPSA) is 340 Å². The van der Waals surface area contributed by atoms with Crippen molar-refractivity contribution in [1.82, 2.24) is 21.3 Å². The number of nitrogens with zero attached hydrogens (tertiary/aromatic N) is 3. The van der Waals surface area contributed by atoms with E-state index >= 15 is 0 Å². The summed E-state index contributed by atoms with van der Waals surface area (Å²) >= 11 is 0. The number of nitrogens with two attached hydrogens (primary N) is 4. The molecule has 20 nitrogen and oxygen atoms in total. The maximum Gasteiger partial charge on any atom is 0.340 e. The monoisotopic (exact) mass is 1200 g/mol. The fourth-order valence-electron chi connectivity index (χ4n) is 9.69. The number of fused-ring (bicyclic) bond motifs is 2. The Morgan fingerprint density at radius 3 is 1.53 bits per heavy atom. The van der Waals surface area contributed by atoms with E-state index in [0.717, 1.165) is 22.3 Å². The van der Waals surface area contributed by atoms with Gasteiger partial charge in [0.2, 0.25) is 17.7 Å². The Labute approximate surface area is 509 Å². The lowest BCUT2D eigenvalue weighted by atomic mass is 9.90. The molecule has 0 radical (unpaired) electrons. The fourth-order valence-corrected chi connectivity index (χ4v) is 9.69. The number of rotatable bonds is 27. The third kappa shape index (κ3) is 18.7. The lowest BCUT2D eigenvalue weighted by Gasteiger charge is -2.24. The number of hydrogen-bond acceptors (Lipinski definition) is 11. The molecule has 4 atom stereocenters. The molecule has 86 heavy (non-hydrogen) atoms. The van der Waals surface area contributed by atoms with E-state index < -0.39 is 59.5 Å². The Morgan fingerprint density at radius 1 is 0.523 bits per heavy atom. The Balaban J connectivity index is 0.00000591. The second-order valence-electron chi connectivity index (χ2n) is 20.1. The summed E-state index contributed by atoms with van der Waals surface area (Å²) in [4.78, 5) is 83.0. The molecule has 15 N–H and O–H groups in total. The van der Waals surface area contributed by atoms with E-state index in [2.05, 4.69) is 41.6 Å². The van der Waals surface area contributed by atoms with Gasteiger partial charge in [0.25, 0.3) is 5.91 Å². The van der Waals surface area contributed by atoms with Crippen molar-refractivity contribution in [3.05, 3.63) is 209 Å². The summed E-state index contributed by atoms with van der Waals surface area (Å²) < 4.78 is 6.57. The van der Waals surface area contributed by atoms with E-state index in [1.54, 1.807) is 36.4 Å². The lowest BCUT2D eigenvalue weighted by molar-refractivity contribution is -0.128. The Bertz CT molecular complexity index is 3660. The Morgan fingerprint density at radius 2 is 1.02 bits per heavy atom. The van der Waals surface area contributed by atoms with Crippen LogP contribution < -0.4 is 54.9 Å². The van der Waals surface area contributed by atoms with Crippen LogP contribution in [-0.4, -0.2) is 89.0 Å². The van der Waals surface area contributed by atoms with E-state index in [1.165, 1.54) is 18.2 Å². The summed E-state index contributed by atoms with van der Waals surface area (Å²) in [5.41, 5.74) is 27.1. The maximum absolute atomic E-state index is 14.5. The molecule has 0 bridgehead atoms. The van der Waals surface area contributed by atoms with Crippen molar-refractivity contribution in [2.24, 2.45) is 37.9 Å². The summed E-state index contributed by atoms with van der Waals surface area (Å²) in [5, 5.41) is 37.5. The van der Waals surface area contributed by atoms with Crippen molar-refractivity contribution < 1.29 is 38.6 Å². The van der Waals surface area contributed by atoms with E-state index in [0.29, 0.717) is 55.3 Å². The number of guanidine groups is 2. The number of aromatic hydroxyl groups is 1. The highest BCUT2D eigenvalue weighted by molar-refractivity contribution is 6.09. The molecule has 4 amide bonds. The van der Waals surface area contributed by atoms with Gasteiger partial charge < -0.3 is 64.1 Å². The quantitative estimate of drug-likeness (QED) is 0.0111. The predicted octanol–water partition coefficient (Wildman–Crippen LogP) is 6.70. The average Bonchev–Trinajstić information content (AvgIpc) is 0.832. The van der Waals surface area contributed by atoms with Crippen LogP contribution in [0.25, 0.3) is 33.4 Å². The van der Waals surface area contributed by atoms with Crippen LogP contribution in [0.4, 0.5) is 5.69 Å². The zero-order valence-electron chi connectivity index (χ0n) is 46.9. The number of benzene rings is 7. The van der Waals surface area contributed by atoms with Crippen LogP contribution in [0.2, 0.25) is 0 Å². The molecule has 1 aliphatic carbocycles. The molecule has 0 saturated carbocycles. The number of phenols is 1. The third-order valence-electron chi connectivity index (χ3n) is 13.9. The minimum atomic E-state index is -1.39. The second-order valence-corrected chi connectivity index (χ2v) is 20.1. The molecule has 0 saturated heterocycles. The van der Waals surface area contributed by atoms with Crippen molar-refractivity contribution >= 4 is 83.0 Å². The molecule has 6 aromatic carbocycles. The molecule has 2 aliphatic rings. The summed E-state index contributed by atoms with van der Waals surface area (Å²) in [6, 6.07) is 48.4. The highest BCUT2D eigenvalue weighted by Gasteiger charge is 2.29. The van der Waals surface area contributed by atoms with Gasteiger partial charge in [-0.25, -0.2) is 9.79 Å². The number of carbonyl (C=O) groups is 5. The largest absolute Gasteiger partial charge is 0.507 e. The van der Waals surface area contributed by atoms with E-state index in [9.17, 15) is 34.2 Å². The van der Waals surface area contributed by atoms with Crippen molar-refractivity contribution in [3.8, 4) is 28.2 Å². The highest BCUT2D eigenvalue weighted by atomic mass is 35.5. The number of halogens is 2. The van der Waals surface area contributed by atoms with Gasteiger partial charge in [0.05, 0.1) is 17.4 Å². The number of nitrogens with one attached hydrogen (secondary N) is 5. The molecule has 8 rings (SSSR count). The second kappa shape index (κ2) is 32.5. The number of amides is 4. The lowest BCUT2D eigenvalue weighted by Crippen LogP contribution is -2.52. The molecule has 0 spiro atoms. The first-order valence-corrected chi connectivity index (χ1v) is 27.5. The van der Waals surface area contributed by atoms with Gasteiger partial charge in [0, 0.05) is 66.1 Å². The molecule has 22 heteroatoms. The van der Waals surface area contributed by atoms with Gasteiger partial charge in [-0.1, -0.05) is 133 Å².